The van der Waals surface area contributed by atoms with Gasteiger partial charge in [0.2, 0.25) is 0 Å². The number of benzene rings is 2. The van der Waals surface area contributed by atoms with Crippen LogP contribution in [0.2, 0.25) is 0 Å². The van der Waals surface area contributed by atoms with Gasteiger partial charge < -0.3 is 15.1 Å². The Balaban J connectivity index is 1.41. The van der Waals surface area contributed by atoms with Crippen molar-refractivity contribution in [2.45, 2.75) is 67.0 Å². The maximum atomic E-state index is 13.8. The van der Waals surface area contributed by atoms with E-state index in [2.05, 4.69) is 17.1 Å². The number of rotatable bonds is 5. The van der Waals surface area contributed by atoms with Crippen LogP contribution in [0.15, 0.2) is 40.1 Å². The number of likely N-dealkylation sites (tertiary alicyclic amines) is 1. The first kappa shape index (κ1) is 24.7. The summed E-state index contributed by atoms with van der Waals surface area (Å²) in [5, 5.41) is 3.45. The van der Waals surface area contributed by atoms with Gasteiger partial charge in [-0.25, -0.2) is 8.78 Å². The van der Waals surface area contributed by atoms with Gasteiger partial charge >= 0.3 is 6.18 Å². The molecule has 0 saturated carbocycles. The van der Waals surface area contributed by atoms with E-state index in [1.54, 1.807) is 4.90 Å². The highest BCUT2D eigenvalue weighted by Crippen LogP contribution is 2.47. The molecule has 0 aliphatic carbocycles. The fraction of sp³-hybridized carbons (Fsp3) is 0.538. The van der Waals surface area contributed by atoms with Crippen LogP contribution in [0.3, 0.4) is 0 Å². The first-order valence-corrected chi connectivity index (χ1v) is 13.1. The molecule has 3 nitrogen and oxygen atoms in total. The van der Waals surface area contributed by atoms with E-state index < -0.39 is 17.7 Å². The molecule has 0 spiro atoms. The zero-order valence-electron chi connectivity index (χ0n) is 19.7. The number of nitrogens with zero attached hydrogens (tertiary/aromatic N) is 2. The van der Waals surface area contributed by atoms with E-state index in [-0.39, 0.29) is 25.6 Å². The number of hydrogen-bond acceptors (Lipinski definition) is 4. The van der Waals surface area contributed by atoms with E-state index >= 15 is 0 Å². The molecule has 3 heterocycles. The molecule has 2 saturated heterocycles. The second kappa shape index (κ2) is 9.47. The van der Waals surface area contributed by atoms with Crippen molar-refractivity contribution < 1.29 is 22.0 Å². The fourth-order valence-corrected chi connectivity index (χ4v) is 6.47. The minimum atomic E-state index is -4.44. The predicted molar refractivity (Wildman–Crippen MR) is 130 cm³/mol. The molecule has 0 radical (unpaired) electrons. The van der Waals surface area contributed by atoms with Crippen molar-refractivity contribution >= 4 is 23.1 Å². The lowest BCUT2D eigenvalue weighted by atomic mass is 9.98. The predicted octanol–water partition coefficient (Wildman–Crippen LogP) is 6.89. The van der Waals surface area contributed by atoms with E-state index in [0.717, 1.165) is 54.9 Å². The van der Waals surface area contributed by atoms with Gasteiger partial charge in [0.25, 0.3) is 5.92 Å². The van der Waals surface area contributed by atoms with Gasteiger partial charge in [-0.05, 0) is 61.2 Å². The third-order valence-electron chi connectivity index (χ3n) is 7.20. The summed E-state index contributed by atoms with van der Waals surface area (Å²) in [6.07, 6.45) is -1.21. The lowest BCUT2D eigenvalue weighted by Crippen LogP contribution is -2.39. The average molecular weight is 512 g/mol. The second-order valence-electron chi connectivity index (χ2n) is 9.86. The Morgan fingerprint density at radius 1 is 1.06 bits per heavy atom. The second-order valence-corrected chi connectivity index (χ2v) is 10.9. The van der Waals surface area contributed by atoms with Crippen LogP contribution in [0.1, 0.15) is 49.3 Å². The van der Waals surface area contributed by atoms with Crippen LogP contribution in [-0.2, 0) is 12.6 Å². The van der Waals surface area contributed by atoms with Crippen LogP contribution in [0, 0.1) is 0 Å². The first-order valence-electron chi connectivity index (χ1n) is 12.3. The summed E-state index contributed by atoms with van der Waals surface area (Å²) in [4.78, 5) is 5.48. The highest BCUT2D eigenvalue weighted by atomic mass is 32.2. The third-order valence-corrected chi connectivity index (χ3v) is 8.38. The van der Waals surface area contributed by atoms with Crippen molar-refractivity contribution in [3.05, 3.63) is 47.0 Å². The molecule has 9 heteroatoms. The van der Waals surface area contributed by atoms with Gasteiger partial charge in [0.1, 0.15) is 0 Å². The molecular formula is C26H30F5N3S. The summed E-state index contributed by atoms with van der Waals surface area (Å²) in [6, 6.07) is 8.26. The zero-order chi connectivity index (χ0) is 24.8. The minimum Gasteiger partial charge on any atom is -0.382 e. The molecule has 0 aromatic heterocycles. The van der Waals surface area contributed by atoms with Gasteiger partial charge in [0.15, 0.2) is 0 Å². The number of halogens is 5. The SMILES string of the molecule is CCCN1CCC(Nc2cc(C(F)(F)F)cc3c2Cc2ccc(N4CCC(F)(F)C4)cc2S3)CC1. The van der Waals surface area contributed by atoms with Gasteiger partial charge in [-0.3, -0.25) is 0 Å². The van der Waals surface area contributed by atoms with Crippen LogP contribution in [0.4, 0.5) is 33.3 Å². The number of alkyl halides is 5. The summed E-state index contributed by atoms with van der Waals surface area (Å²) in [6.45, 7) is 5.05. The molecule has 2 aromatic rings. The highest BCUT2D eigenvalue weighted by molar-refractivity contribution is 7.99. The van der Waals surface area contributed by atoms with Crippen LogP contribution < -0.4 is 10.2 Å². The molecule has 1 N–H and O–H groups in total. The maximum absolute atomic E-state index is 13.8. The number of hydrogen-bond donors (Lipinski definition) is 1. The zero-order valence-corrected chi connectivity index (χ0v) is 20.5. The number of anilines is 2. The molecule has 2 fully saturated rings. The molecular weight excluding hydrogens is 481 g/mol. The van der Waals surface area contributed by atoms with Gasteiger partial charge in [-0.1, -0.05) is 24.8 Å². The van der Waals surface area contributed by atoms with Crippen molar-refractivity contribution in [2.75, 3.05) is 42.9 Å². The van der Waals surface area contributed by atoms with E-state index in [4.69, 9.17) is 0 Å². The molecule has 35 heavy (non-hydrogen) atoms. The monoisotopic (exact) mass is 511 g/mol. The van der Waals surface area contributed by atoms with E-state index in [1.807, 2.05) is 18.2 Å². The van der Waals surface area contributed by atoms with E-state index in [9.17, 15) is 22.0 Å². The summed E-state index contributed by atoms with van der Waals surface area (Å²) >= 11 is 1.31. The Bertz CT molecular complexity index is 1080. The molecule has 0 atom stereocenters. The number of nitrogens with one attached hydrogen (secondary N) is 1. The fourth-order valence-electron chi connectivity index (χ4n) is 5.29. The number of fused-ring (bicyclic) bond motifs is 2. The Morgan fingerprint density at radius 2 is 1.83 bits per heavy atom. The lowest BCUT2D eigenvalue weighted by Gasteiger charge is -2.34. The topological polar surface area (TPSA) is 18.5 Å². The van der Waals surface area contributed by atoms with Crippen LogP contribution >= 0.6 is 11.8 Å². The Hall–Kier alpha value is -2.00. The third kappa shape index (κ3) is 5.40. The summed E-state index contributed by atoms with van der Waals surface area (Å²) in [5.74, 6) is -2.70. The van der Waals surface area contributed by atoms with E-state index in [0.29, 0.717) is 22.7 Å². The van der Waals surface area contributed by atoms with Crippen molar-refractivity contribution in [3.8, 4) is 0 Å². The van der Waals surface area contributed by atoms with Crippen molar-refractivity contribution in [3.63, 3.8) is 0 Å². The maximum Gasteiger partial charge on any atom is 0.416 e. The van der Waals surface area contributed by atoms with E-state index in [1.165, 1.54) is 23.9 Å². The first-order chi connectivity index (χ1) is 16.6. The molecule has 5 rings (SSSR count). The Labute approximate surface area is 207 Å². The van der Waals surface area contributed by atoms with Crippen molar-refractivity contribution in [1.82, 2.24) is 4.90 Å². The normalized spacial score (nSPS) is 20.6. The van der Waals surface area contributed by atoms with Crippen LogP contribution in [0.5, 0.6) is 0 Å². The van der Waals surface area contributed by atoms with Crippen LogP contribution in [0.25, 0.3) is 0 Å². The molecule has 2 aromatic carbocycles. The molecule has 3 aliphatic heterocycles. The van der Waals surface area contributed by atoms with Gasteiger partial charge in [-0.15, -0.1) is 0 Å². The van der Waals surface area contributed by atoms with Crippen molar-refractivity contribution in [1.29, 1.82) is 0 Å². The molecule has 3 aliphatic rings. The van der Waals surface area contributed by atoms with Gasteiger partial charge in [-0.2, -0.15) is 13.2 Å². The minimum absolute atomic E-state index is 0.140. The molecule has 190 valence electrons. The summed E-state index contributed by atoms with van der Waals surface area (Å²) in [5.41, 5.74) is 2.49. The van der Waals surface area contributed by atoms with Crippen LogP contribution in [-0.4, -0.2) is 49.6 Å². The lowest BCUT2D eigenvalue weighted by molar-refractivity contribution is -0.137. The Kier molecular flexibility index (Phi) is 6.68. The Morgan fingerprint density at radius 3 is 2.49 bits per heavy atom. The highest BCUT2D eigenvalue weighted by Gasteiger charge is 2.39. The summed E-state index contributed by atoms with van der Waals surface area (Å²) < 4.78 is 68.7. The van der Waals surface area contributed by atoms with Crippen molar-refractivity contribution in [2.24, 2.45) is 0 Å². The smallest absolute Gasteiger partial charge is 0.382 e. The number of piperidine rings is 1. The average Bonchev–Trinajstić information content (AvgIpc) is 3.18. The molecule has 0 unspecified atom stereocenters. The molecule has 0 bridgehead atoms. The molecule has 0 amide bonds. The standard InChI is InChI=1S/C26H30F5N3S/c1-2-8-33-9-5-19(6-10-33)32-22-13-18(26(29,30)31)14-24-21(22)12-17-3-4-20(15-23(17)35-24)34-11-7-25(27,28)16-34/h3-4,13-15,19,32H,2,5-12,16H2,1H3. The largest absolute Gasteiger partial charge is 0.416 e. The van der Waals surface area contributed by atoms with Gasteiger partial charge in [0.05, 0.1) is 12.1 Å². The summed E-state index contributed by atoms with van der Waals surface area (Å²) in [7, 11) is 0. The van der Waals surface area contributed by atoms with Gasteiger partial charge in [0, 0.05) is 59.7 Å². The quantitative estimate of drug-likeness (QED) is 0.376.